The van der Waals surface area contributed by atoms with Crippen LogP contribution in [0.1, 0.15) is 41.9 Å². The molecule has 2 aromatic heterocycles. The molecule has 3 N–H and O–H groups in total. The second kappa shape index (κ2) is 3.65. The molecule has 94 valence electrons. The number of nitrogens with zero attached hydrogens (tertiary/aromatic N) is 2. The van der Waals surface area contributed by atoms with Crippen molar-refractivity contribution in [1.29, 1.82) is 0 Å². The van der Waals surface area contributed by atoms with Crippen molar-refractivity contribution in [3.05, 3.63) is 16.3 Å². The Morgan fingerprint density at radius 3 is 2.89 bits per heavy atom. The highest BCUT2D eigenvalue weighted by Gasteiger charge is 2.37. The van der Waals surface area contributed by atoms with E-state index in [1.807, 2.05) is 11.3 Å². The Labute approximate surface area is 110 Å². The minimum atomic E-state index is 0.540. The zero-order valence-corrected chi connectivity index (χ0v) is 11.2. The molecule has 2 aromatic rings. The van der Waals surface area contributed by atoms with Crippen LogP contribution in [0.5, 0.6) is 0 Å². The normalized spacial score (nSPS) is 25.4. The Morgan fingerprint density at radius 2 is 2.17 bits per heavy atom. The highest BCUT2D eigenvalue weighted by molar-refractivity contribution is 7.19. The first-order valence-corrected chi connectivity index (χ1v) is 7.38. The van der Waals surface area contributed by atoms with Crippen molar-refractivity contribution < 1.29 is 0 Å². The molecule has 4 rings (SSSR count). The maximum atomic E-state index is 5.66. The largest absolute Gasteiger partial charge is 0.308 e. The molecule has 5 heteroatoms. The molecule has 2 unspecified atom stereocenters. The van der Waals surface area contributed by atoms with Crippen LogP contribution in [0.3, 0.4) is 0 Å². The van der Waals surface area contributed by atoms with Crippen molar-refractivity contribution in [2.45, 2.75) is 38.5 Å². The summed E-state index contributed by atoms with van der Waals surface area (Å²) in [6.07, 6.45) is 4.80. The lowest BCUT2D eigenvalue weighted by Crippen LogP contribution is -2.11. The highest BCUT2D eigenvalue weighted by Crippen LogP contribution is 2.47. The number of hydrogen-bond donors (Lipinski definition) is 2. The van der Waals surface area contributed by atoms with Crippen molar-refractivity contribution in [2.24, 2.45) is 11.8 Å². The van der Waals surface area contributed by atoms with Crippen LogP contribution < -0.4 is 11.3 Å². The number of anilines is 1. The number of aryl methyl sites for hydroxylation is 2. The van der Waals surface area contributed by atoms with E-state index in [1.165, 1.54) is 35.1 Å². The highest BCUT2D eigenvalue weighted by atomic mass is 32.1. The van der Waals surface area contributed by atoms with Gasteiger partial charge in [0.05, 0.1) is 5.39 Å². The van der Waals surface area contributed by atoms with E-state index in [4.69, 9.17) is 10.8 Å². The van der Waals surface area contributed by atoms with E-state index in [0.717, 1.165) is 28.8 Å². The lowest BCUT2D eigenvalue weighted by molar-refractivity contribution is 0.852. The fraction of sp³-hybridized carbons (Fsp3) is 0.538. The molecule has 0 bridgehead atoms. The van der Waals surface area contributed by atoms with Gasteiger partial charge in [0, 0.05) is 10.8 Å². The number of nitrogens with one attached hydrogen (secondary N) is 1. The van der Waals surface area contributed by atoms with Crippen molar-refractivity contribution in [3.63, 3.8) is 0 Å². The summed E-state index contributed by atoms with van der Waals surface area (Å²) in [4.78, 5) is 12.0. The number of aromatic nitrogens is 2. The van der Waals surface area contributed by atoms with Gasteiger partial charge in [0.15, 0.2) is 5.82 Å². The van der Waals surface area contributed by atoms with Gasteiger partial charge in [-0.3, -0.25) is 0 Å². The molecule has 4 nitrogen and oxygen atoms in total. The number of fused-ring (bicyclic) bond motifs is 3. The van der Waals surface area contributed by atoms with E-state index in [2.05, 4.69) is 17.3 Å². The Hall–Kier alpha value is -1.20. The third-order valence-electron chi connectivity index (χ3n) is 4.16. The van der Waals surface area contributed by atoms with E-state index < -0.39 is 0 Å². The van der Waals surface area contributed by atoms with Crippen LogP contribution in [0, 0.1) is 5.92 Å². The fourth-order valence-corrected chi connectivity index (χ4v) is 4.23. The molecule has 1 saturated carbocycles. The van der Waals surface area contributed by atoms with Crippen LogP contribution in [0.2, 0.25) is 0 Å². The number of rotatable bonds is 2. The maximum Gasteiger partial charge on any atom is 0.152 e. The maximum absolute atomic E-state index is 5.66. The molecule has 0 radical (unpaired) electrons. The van der Waals surface area contributed by atoms with Crippen LogP contribution >= 0.6 is 11.3 Å². The smallest absolute Gasteiger partial charge is 0.152 e. The van der Waals surface area contributed by atoms with E-state index in [-0.39, 0.29) is 0 Å². The Bertz CT molecular complexity index is 633. The van der Waals surface area contributed by atoms with Gasteiger partial charge in [-0.15, -0.1) is 11.3 Å². The Kier molecular flexibility index (Phi) is 2.17. The summed E-state index contributed by atoms with van der Waals surface area (Å²) in [7, 11) is 0. The molecule has 1 fully saturated rings. The number of hydrogen-bond acceptors (Lipinski definition) is 5. The topological polar surface area (TPSA) is 63.8 Å². The quantitative estimate of drug-likeness (QED) is 0.643. The first-order chi connectivity index (χ1) is 8.78. The van der Waals surface area contributed by atoms with Gasteiger partial charge in [-0.2, -0.15) is 0 Å². The molecule has 0 amide bonds. The number of nitrogens with two attached hydrogens (primary N) is 1. The second-order valence-corrected chi connectivity index (χ2v) is 6.52. The summed E-state index contributed by atoms with van der Waals surface area (Å²) in [5, 5.41) is 1.17. The summed E-state index contributed by atoms with van der Waals surface area (Å²) < 4.78 is 0. The van der Waals surface area contributed by atoms with E-state index in [9.17, 15) is 0 Å². The SMILES string of the molecule is CC1CC1c1nc(NN)c2c3c(sc2n1)CCC3. The van der Waals surface area contributed by atoms with Crippen LogP contribution in [0.25, 0.3) is 10.2 Å². The fourth-order valence-electron chi connectivity index (χ4n) is 2.96. The third kappa shape index (κ3) is 1.40. The van der Waals surface area contributed by atoms with E-state index in [1.54, 1.807) is 0 Å². The average Bonchev–Trinajstić information content (AvgIpc) is 2.80. The number of nitrogen functional groups attached to an aromatic ring is 1. The Morgan fingerprint density at radius 1 is 1.33 bits per heavy atom. The minimum absolute atomic E-state index is 0.540. The summed E-state index contributed by atoms with van der Waals surface area (Å²) in [5.41, 5.74) is 4.21. The van der Waals surface area contributed by atoms with Crippen LogP contribution in [0.15, 0.2) is 0 Å². The van der Waals surface area contributed by atoms with Gasteiger partial charge in [0.2, 0.25) is 0 Å². The summed E-state index contributed by atoms with van der Waals surface area (Å²) >= 11 is 1.83. The molecule has 18 heavy (non-hydrogen) atoms. The lowest BCUT2D eigenvalue weighted by atomic mass is 10.2. The zero-order valence-electron chi connectivity index (χ0n) is 10.4. The second-order valence-electron chi connectivity index (χ2n) is 5.43. The van der Waals surface area contributed by atoms with Crippen molar-refractivity contribution in [1.82, 2.24) is 9.97 Å². The number of thiophene rings is 1. The van der Waals surface area contributed by atoms with Crippen molar-refractivity contribution in [2.75, 3.05) is 5.43 Å². The van der Waals surface area contributed by atoms with Gasteiger partial charge in [0.25, 0.3) is 0 Å². The van der Waals surface area contributed by atoms with Gasteiger partial charge in [-0.05, 0) is 37.2 Å². The molecule has 0 spiro atoms. The minimum Gasteiger partial charge on any atom is -0.308 e. The lowest BCUT2D eigenvalue weighted by Gasteiger charge is -2.06. The molecule has 2 heterocycles. The van der Waals surface area contributed by atoms with Gasteiger partial charge in [-0.1, -0.05) is 6.92 Å². The first kappa shape index (κ1) is 10.7. The van der Waals surface area contributed by atoms with Crippen LogP contribution in [-0.2, 0) is 12.8 Å². The average molecular weight is 260 g/mol. The molecule has 0 aliphatic heterocycles. The summed E-state index contributed by atoms with van der Waals surface area (Å²) in [6, 6.07) is 0. The van der Waals surface area contributed by atoms with Gasteiger partial charge in [0.1, 0.15) is 10.7 Å². The Balaban J connectivity index is 1.94. The van der Waals surface area contributed by atoms with Crippen LogP contribution in [-0.4, -0.2) is 9.97 Å². The molecule has 2 aliphatic rings. The molecule has 0 aromatic carbocycles. The first-order valence-electron chi connectivity index (χ1n) is 6.56. The molecule has 0 saturated heterocycles. The monoisotopic (exact) mass is 260 g/mol. The van der Waals surface area contributed by atoms with E-state index >= 15 is 0 Å². The predicted octanol–water partition coefficient (Wildman–Crippen LogP) is 2.59. The van der Waals surface area contributed by atoms with Crippen LogP contribution in [0.4, 0.5) is 5.82 Å². The summed E-state index contributed by atoms with van der Waals surface area (Å²) in [5.74, 6) is 8.72. The van der Waals surface area contributed by atoms with Crippen molar-refractivity contribution >= 4 is 27.4 Å². The predicted molar refractivity (Wildman–Crippen MR) is 73.8 cm³/mol. The van der Waals surface area contributed by atoms with Crippen molar-refractivity contribution in [3.8, 4) is 0 Å². The number of hydrazine groups is 1. The molecular weight excluding hydrogens is 244 g/mol. The summed E-state index contributed by atoms with van der Waals surface area (Å²) in [6.45, 7) is 2.25. The van der Waals surface area contributed by atoms with Gasteiger partial charge < -0.3 is 5.43 Å². The van der Waals surface area contributed by atoms with Gasteiger partial charge in [-0.25, -0.2) is 15.8 Å². The molecule has 2 aliphatic carbocycles. The zero-order chi connectivity index (χ0) is 12.3. The standard InChI is InChI=1S/C13H16N4S/c1-6-5-8(6)11-15-12(17-14)10-7-3-2-4-9(7)18-13(10)16-11/h6,8H,2-5,14H2,1H3,(H,15,16,17). The van der Waals surface area contributed by atoms with E-state index in [0.29, 0.717) is 5.92 Å². The van der Waals surface area contributed by atoms with Gasteiger partial charge >= 0.3 is 0 Å². The third-order valence-corrected chi connectivity index (χ3v) is 5.35. The molecule has 2 atom stereocenters. The molecular formula is C13H16N4S.